The van der Waals surface area contributed by atoms with E-state index in [1.54, 1.807) is 0 Å². The van der Waals surface area contributed by atoms with Gasteiger partial charge in [0.15, 0.2) is 0 Å². The summed E-state index contributed by atoms with van der Waals surface area (Å²) < 4.78 is 4.15. The fourth-order valence-corrected chi connectivity index (χ4v) is 6.96. The molecule has 0 amide bonds. The highest BCUT2D eigenvalue weighted by Gasteiger charge is 2.19. The molecule has 8 nitrogen and oxygen atoms in total. The summed E-state index contributed by atoms with van der Waals surface area (Å²) in [5.74, 6) is 2.84. The van der Waals surface area contributed by atoms with Crippen LogP contribution in [0.2, 0.25) is 0 Å². The van der Waals surface area contributed by atoms with Crippen LogP contribution < -0.4 is 11.5 Å². The smallest absolute Gasteiger partial charge is 0.201 e. The van der Waals surface area contributed by atoms with Crippen molar-refractivity contribution in [2.75, 3.05) is 23.0 Å². The van der Waals surface area contributed by atoms with Gasteiger partial charge in [-0.1, -0.05) is 45.9 Å². The number of rotatable bonds is 15. The molecule has 2 unspecified atom stereocenters. The summed E-state index contributed by atoms with van der Waals surface area (Å²) in [5, 5.41) is 0. The van der Waals surface area contributed by atoms with Gasteiger partial charge in [-0.05, 0) is 49.9 Å². The quantitative estimate of drug-likeness (QED) is 0.120. The molecule has 2 aromatic carbocycles. The second kappa shape index (κ2) is 12.8. The number of nitrogen functional groups attached to an aromatic ring is 2. The van der Waals surface area contributed by atoms with E-state index >= 15 is 0 Å². The standard InChI is InChI=1S/C26H32N6O2S2/c27-25-29-21-9-1-3-11-23(21)31(25)19(7-5-15-33)13-17-35-36-18-14-20(8-6-16-34)32-24-12-4-2-10-22(24)30-26(32)28/h1-4,9-12,15-16,19-20H,5-8,13-14,17-18H2,(H2,27,29)(H2,28,30). The van der Waals surface area contributed by atoms with E-state index in [4.69, 9.17) is 11.5 Å². The topological polar surface area (TPSA) is 122 Å². The van der Waals surface area contributed by atoms with E-state index in [0.717, 1.165) is 71.8 Å². The lowest BCUT2D eigenvalue weighted by Gasteiger charge is -2.21. The summed E-state index contributed by atoms with van der Waals surface area (Å²) in [5.41, 5.74) is 16.3. The van der Waals surface area contributed by atoms with Crippen LogP contribution in [0.25, 0.3) is 22.1 Å². The van der Waals surface area contributed by atoms with Crippen LogP contribution in [0.5, 0.6) is 0 Å². The van der Waals surface area contributed by atoms with Gasteiger partial charge in [-0.2, -0.15) is 0 Å². The molecule has 4 N–H and O–H groups in total. The summed E-state index contributed by atoms with van der Waals surface area (Å²) in [6, 6.07) is 16.1. The van der Waals surface area contributed by atoms with Crippen molar-refractivity contribution in [3.63, 3.8) is 0 Å². The van der Waals surface area contributed by atoms with Crippen molar-refractivity contribution in [3.05, 3.63) is 48.5 Å². The minimum atomic E-state index is 0.119. The Hall–Kier alpha value is -2.98. The number of nitrogens with zero attached hydrogens (tertiary/aromatic N) is 4. The van der Waals surface area contributed by atoms with Crippen molar-refractivity contribution in [2.24, 2.45) is 0 Å². The van der Waals surface area contributed by atoms with Gasteiger partial charge in [0.2, 0.25) is 11.9 Å². The highest BCUT2D eigenvalue weighted by Crippen LogP contribution is 2.34. The first-order valence-corrected chi connectivity index (χ1v) is 14.7. The lowest BCUT2D eigenvalue weighted by Crippen LogP contribution is -2.14. The number of anilines is 2. The third-order valence-electron chi connectivity index (χ3n) is 6.36. The van der Waals surface area contributed by atoms with Crippen molar-refractivity contribution in [3.8, 4) is 0 Å². The zero-order valence-corrected chi connectivity index (χ0v) is 21.8. The molecule has 36 heavy (non-hydrogen) atoms. The number of carbonyl (C=O) groups is 2. The van der Waals surface area contributed by atoms with Crippen LogP contribution in [-0.2, 0) is 9.59 Å². The van der Waals surface area contributed by atoms with E-state index in [1.807, 2.05) is 70.1 Å². The number of para-hydroxylation sites is 4. The molecule has 0 spiro atoms. The van der Waals surface area contributed by atoms with E-state index < -0.39 is 0 Å². The fourth-order valence-electron chi connectivity index (χ4n) is 4.71. The van der Waals surface area contributed by atoms with E-state index in [9.17, 15) is 9.59 Å². The predicted octanol–water partition coefficient (Wildman–Crippen LogP) is 5.45. The van der Waals surface area contributed by atoms with Crippen LogP contribution in [0.1, 0.15) is 50.6 Å². The Labute approximate surface area is 218 Å². The third kappa shape index (κ3) is 6.04. The molecule has 0 radical (unpaired) electrons. The molecule has 0 aliphatic rings. The summed E-state index contributed by atoms with van der Waals surface area (Å²) in [6.07, 6.45) is 6.18. The van der Waals surface area contributed by atoms with Crippen LogP contribution >= 0.6 is 21.6 Å². The molecular weight excluding hydrogens is 492 g/mol. The summed E-state index contributed by atoms with van der Waals surface area (Å²) in [6.45, 7) is 0. The lowest BCUT2D eigenvalue weighted by molar-refractivity contribution is -0.108. The van der Waals surface area contributed by atoms with Crippen LogP contribution in [0, 0.1) is 0 Å². The van der Waals surface area contributed by atoms with Gasteiger partial charge in [-0.3, -0.25) is 0 Å². The molecular formula is C26H32N6O2S2. The second-order valence-corrected chi connectivity index (χ2v) is 11.4. The number of hydrogen-bond donors (Lipinski definition) is 2. The van der Waals surface area contributed by atoms with Crippen molar-refractivity contribution in [1.82, 2.24) is 19.1 Å². The molecule has 0 saturated carbocycles. The summed E-state index contributed by atoms with van der Waals surface area (Å²) >= 11 is 0. The minimum Gasteiger partial charge on any atom is -0.369 e. The predicted molar refractivity (Wildman–Crippen MR) is 151 cm³/mol. The van der Waals surface area contributed by atoms with Gasteiger partial charge < -0.3 is 30.2 Å². The average Bonchev–Trinajstić information content (AvgIpc) is 3.40. The Morgan fingerprint density at radius 2 is 1.11 bits per heavy atom. The lowest BCUT2D eigenvalue weighted by atomic mass is 10.1. The van der Waals surface area contributed by atoms with Crippen molar-refractivity contribution in [1.29, 1.82) is 0 Å². The molecule has 190 valence electrons. The molecule has 0 saturated heterocycles. The Bertz CT molecular complexity index is 1200. The maximum absolute atomic E-state index is 11.1. The SMILES string of the molecule is Nc1nc2ccccc2n1C(CCC=O)CCSSCCC(CCC=O)n1c(N)nc2ccccc21. The Balaban J connectivity index is 1.34. The number of benzene rings is 2. The van der Waals surface area contributed by atoms with Crippen molar-refractivity contribution < 1.29 is 9.59 Å². The van der Waals surface area contributed by atoms with Crippen molar-refractivity contribution in [2.45, 2.75) is 50.6 Å². The second-order valence-electron chi connectivity index (χ2n) is 8.67. The van der Waals surface area contributed by atoms with Crippen LogP contribution in [-0.4, -0.2) is 43.2 Å². The van der Waals surface area contributed by atoms with Gasteiger partial charge in [0, 0.05) is 36.4 Å². The number of aromatic nitrogens is 4. The van der Waals surface area contributed by atoms with Gasteiger partial charge >= 0.3 is 0 Å². The number of nitrogens with two attached hydrogens (primary N) is 2. The zero-order chi connectivity index (χ0) is 25.3. The van der Waals surface area contributed by atoms with Crippen LogP contribution in [0.3, 0.4) is 0 Å². The Morgan fingerprint density at radius 1 is 0.694 bits per heavy atom. The molecule has 10 heteroatoms. The van der Waals surface area contributed by atoms with E-state index in [1.165, 1.54) is 0 Å². The molecule has 2 aromatic heterocycles. The van der Waals surface area contributed by atoms with Crippen molar-refractivity contribution >= 4 is 68.1 Å². The molecule has 0 aliphatic carbocycles. The van der Waals surface area contributed by atoms with Gasteiger partial charge in [0.05, 0.1) is 22.1 Å². The normalized spacial score (nSPS) is 13.2. The molecule has 4 aromatic rings. The number of carbonyl (C=O) groups excluding carboxylic acids is 2. The number of aldehydes is 2. The number of imidazole rings is 2. The first-order chi connectivity index (χ1) is 17.6. The number of hydrogen-bond acceptors (Lipinski definition) is 8. The van der Waals surface area contributed by atoms with E-state index in [2.05, 4.69) is 19.1 Å². The fraction of sp³-hybridized carbons (Fsp3) is 0.385. The monoisotopic (exact) mass is 524 g/mol. The van der Waals surface area contributed by atoms with Gasteiger partial charge in [-0.15, -0.1) is 0 Å². The highest BCUT2D eigenvalue weighted by atomic mass is 33.1. The van der Waals surface area contributed by atoms with Gasteiger partial charge in [-0.25, -0.2) is 9.97 Å². The van der Waals surface area contributed by atoms with E-state index in [-0.39, 0.29) is 12.1 Å². The molecule has 0 fully saturated rings. The highest BCUT2D eigenvalue weighted by molar-refractivity contribution is 8.76. The molecule has 0 aliphatic heterocycles. The summed E-state index contributed by atoms with van der Waals surface area (Å²) in [4.78, 5) is 31.2. The van der Waals surface area contributed by atoms with Gasteiger partial charge in [0.25, 0.3) is 0 Å². The largest absolute Gasteiger partial charge is 0.369 e. The number of fused-ring (bicyclic) bond motifs is 2. The molecule has 2 heterocycles. The average molecular weight is 525 g/mol. The maximum Gasteiger partial charge on any atom is 0.201 e. The summed E-state index contributed by atoms with van der Waals surface area (Å²) in [7, 11) is 3.65. The minimum absolute atomic E-state index is 0.119. The molecule has 0 bridgehead atoms. The van der Waals surface area contributed by atoms with Crippen LogP contribution in [0.4, 0.5) is 11.9 Å². The maximum atomic E-state index is 11.1. The molecule has 4 rings (SSSR count). The zero-order valence-electron chi connectivity index (χ0n) is 20.2. The molecule has 2 atom stereocenters. The van der Waals surface area contributed by atoms with E-state index in [0.29, 0.717) is 24.7 Å². The third-order valence-corrected chi connectivity index (χ3v) is 8.84. The first-order valence-electron chi connectivity index (χ1n) is 12.2. The first kappa shape index (κ1) is 26.1. The Kier molecular flexibility index (Phi) is 9.29. The Morgan fingerprint density at radius 3 is 1.53 bits per heavy atom. The van der Waals surface area contributed by atoms with Gasteiger partial charge in [0.1, 0.15) is 12.6 Å². The van der Waals surface area contributed by atoms with Crippen LogP contribution in [0.15, 0.2) is 48.5 Å².